The summed E-state index contributed by atoms with van der Waals surface area (Å²) in [6.45, 7) is 10.1. The van der Waals surface area contributed by atoms with Gasteiger partial charge in [0.05, 0.1) is 6.04 Å². The van der Waals surface area contributed by atoms with Crippen molar-refractivity contribution in [2.45, 2.75) is 46.8 Å². The van der Waals surface area contributed by atoms with Crippen LogP contribution < -0.4 is 14.8 Å². The van der Waals surface area contributed by atoms with Crippen LogP contribution in [0.3, 0.4) is 0 Å². The van der Waals surface area contributed by atoms with Gasteiger partial charge in [-0.3, -0.25) is 4.79 Å². The summed E-state index contributed by atoms with van der Waals surface area (Å²) in [5, 5.41) is 2.93. The van der Waals surface area contributed by atoms with Gasteiger partial charge in [-0.2, -0.15) is 0 Å². The molecule has 0 fully saturated rings. The van der Waals surface area contributed by atoms with Crippen molar-refractivity contribution in [2.75, 3.05) is 6.61 Å². The third-order valence-electron chi connectivity index (χ3n) is 3.85. The zero-order valence-corrected chi connectivity index (χ0v) is 15.6. The van der Waals surface area contributed by atoms with E-state index in [1.54, 1.807) is 6.92 Å². The molecule has 0 saturated heterocycles. The zero-order chi connectivity index (χ0) is 18.4. The number of carbonyl (C=O) groups is 1. The first-order chi connectivity index (χ1) is 11.8. The van der Waals surface area contributed by atoms with Gasteiger partial charge < -0.3 is 14.8 Å². The quantitative estimate of drug-likeness (QED) is 0.829. The maximum Gasteiger partial charge on any atom is 0.261 e. The van der Waals surface area contributed by atoms with Crippen molar-refractivity contribution in [1.29, 1.82) is 0 Å². The summed E-state index contributed by atoms with van der Waals surface area (Å²) in [6, 6.07) is 13.7. The van der Waals surface area contributed by atoms with Crippen LogP contribution in [-0.4, -0.2) is 24.7 Å². The van der Waals surface area contributed by atoms with Crippen LogP contribution in [0, 0.1) is 20.8 Å². The number of rotatable bonds is 7. The number of aryl methyl sites for hydroxylation is 3. The molecule has 0 bridgehead atoms. The fourth-order valence-electron chi connectivity index (χ4n) is 2.59. The Morgan fingerprint density at radius 3 is 2.32 bits per heavy atom. The third-order valence-corrected chi connectivity index (χ3v) is 3.85. The van der Waals surface area contributed by atoms with Crippen LogP contribution in [0.2, 0.25) is 0 Å². The Balaban J connectivity index is 1.84. The SMILES string of the molecule is Cc1cc(C)cc(O[C@H](C)C(=O)N[C@@H](C)COc2ccccc2C)c1. The molecule has 1 amide bonds. The molecule has 0 aliphatic rings. The van der Waals surface area contributed by atoms with Gasteiger partial charge in [0.15, 0.2) is 6.10 Å². The molecule has 2 atom stereocenters. The second kappa shape index (κ2) is 8.56. The van der Waals surface area contributed by atoms with Crippen molar-refractivity contribution in [3.8, 4) is 11.5 Å². The van der Waals surface area contributed by atoms with E-state index in [1.165, 1.54) is 0 Å². The van der Waals surface area contributed by atoms with Gasteiger partial charge in [0.2, 0.25) is 0 Å². The van der Waals surface area contributed by atoms with Crippen molar-refractivity contribution in [2.24, 2.45) is 0 Å². The lowest BCUT2D eigenvalue weighted by atomic mass is 10.1. The van der Waals surface area contributed by atoms with Gasteiger partial charge in [0.25, 0.3) is 5.91 Å². The van der Waals surface area contributed by atoms with Crippen molar-refractivity contribution in [3.05, 3.63) is 59.2 Å². The molecule has 0 aromatic heterocycles. The highest BCUT2D eigenvalue weighted by Crippen LogP contribution is 2.18. The Hall–Kier alpha value is -2.49. The molecular formula is C21H27NO3. The number of para-hydroxylation sites is 1. The molecule has 0 heterocycles. The van der Waals surface area contributed by atoms with Gasteiger partial charge in [0.1, 0.15) is 18.1 Å². The average molecular weight is 341 g/mol. The van der Waals surface area contributed by atoms with E-state index in [0.29, 0.717) is 12.4 Å². The molecule has 0 saturated carbocycles. The smallest absolute Gasteiger partial charge is 0.261 e. The highest BCUT2D eigenvalue weighted by atomic mass is 16.5. The monoisotopic (exact) mass is 341 g/mol. The van der Waals surface area contributed by atoms with Crippen LogP contribution in [0.1, 0.15) is 30.5 Å². The fourth-order valence-corrected chi connectivity index (χ4v) is 2.59. The highest BCUT2D eigenvalue weighted by Gasteiger charge is 2.17. The van der Waals surface area contributed by atoms with Crippen molar-refractivity contribution in [3.63, 3.8) is 0 Å². The van der Waals surface area contributed by atoms with Crippen LogP contribution in [0.5, 0.6) is 11.5 Å². The standard InChI is InChI=1S/C21H27NO3/c1-14-10-15(2)12-19(11-14)25-18(5)21(23)22-17(4)13-24-20-9-7-6-8-16(20)3/h6-12,17-18H,13H2,1-5H3,(H,22,23)/t17-,18+/m0/s1. The van der Waals surface area contributed by atoms with E-state index in [0.717, 1.165) is 22.4 Å². The molecule has 0 radical (unpaired) electrons. The van der Waals surface area contributed by atoms with E-state index in [1.807, 2.05) is 64.1 Å². The lowest BCUT2D eigenvalue weighted by Crippen LogP contribution is -2.43. The third kappa shape index (κ3) is 5.82. The Morgan fingerprint density at radius 2 is 1.68 bits per heavy atom. The lowest BCUT2D eigenvalue weighted by Gasteiger charge is -2.20. The summed E-state index contributed by atoms with van der Waals surface area (Å²) >= 11 is 0. The van der Waals surface area contributed by atoms with Crippen LogP contribution in [-0.2, 0) is 4.79 Å². The summed E-state index contributed by atoms with van der Waals surface area (Å²) in [5.41, 5.74) is 3.30. The Labute approximate surface area is 150 Å². The molecule has 2 aromatic carbocycles. The molecule has 0 spiro atoms. The number of nitrogens with one attached hydrogen (secondary N) is 1. The Morgan fingerprint density at radius 1 is 1.04 bits per heavy atom. The Bertz CT molecular complexity index is 707. The summed E-state index contributed by atoms with van der Waals surface area (Å²) in [4.78, 5) is 12.3. The Kier molecular flexibility index (Phi) is 6.45. The molecule has 1 N–H and O–H groups in total. The summed E-state index contributed by atoms with van der Waals surface area (Å²) in [5.74, 6) is 1.40. The van der Waals surface area contributed by atoms with Gasteiger partial charge >= 0.3 is 0 Å². The van der Waals surface area contributed by atoms with Crippen LogP contribution in [0.25, 0.3) is 0 Å². The highest BCUT2D eigenvalue weighted by molar-refractivity contribution is 5.81. The first kappa shape index (κ1) is 18.8. The topological polar surface area (TPSA) is 47.6 Å². The summed E-state index contributed by atoms with van der Waals surface area (Å²) in [6.07, 6.45) is -0.567. The van der Waals surface area contributed by atoms with E-state index in [2.05, 4.69) is 11.4 Å². The molecule has 134 valence electrons. The van der Waals surface area contributed by atoms with Crippen LogP contribution in [0.15, 0.2) is 42.5 Å². The minimum atomic E-state index is -0.567. The predicted molar refractivity (Wildman–Crippen MR) is 100 cm³/mol. The minimum Gasteiger partial charge on any atom is -0.491 e. The lowest BCUT2D eigenvalue weighted by molar-refractivity contribution is -0.128. The van der Waals surface area contributed by atoms with Crippen molar-refractivity contribution in [1.82, 2.24) is 5.32 Å². The average Bonchev–Trinajstić information content (AvgIpc) is 2.53. The second-order valence-electron chi connectivity index (χ2n) is 6.57. The zero-order valence-electron chi connectivity index (χ0n) is 15.6. The number of benzene rings is 2. The number of ether oxygens (including phenoxy) is 2. The van der Waals surface area contributed by atoms with Crippen LogP contribution >= 0.6 is 0 Å². The molecule has 25 heavy (non-hydrogen) atoms. The number of carbonyl (C=O) groups excluding carboxylic acids is 1. The number of hydrogen-bond donors (Lipinski definition) is 1. The van der Waals surface area contributed by atoms with Gasteiger partial charge in [-0.05, 0) is 69.5 Å². The molecule has 2 aromatic rings. The van der Waals surface area contributed by atoms with Crippen molar-refractivity contribution >= 4 is 5.91 Å². The number of hydrogen-bond acceptors (Lipinski definition) is 3. The molecule has 4 heteroatoms. The van der Waals surface area contributed by atoms with Crippen molar-refractivity contribution < 1.29 is 14.3 Å². The minimum absolute atomic E-state index is 0.114. The van der Waals surface area contributed by atoms with E-state index in [-0.39, 0.29) is 11.9 Å². The molecule has 2 rings (SSSR count). The number of amides is 1. The van der Waals surface area contributed by atoms with Gasteiger partial charge in [0, 0.05) is 0 Å². The van der Waals surface area contributed by atoms with E-state index < -0.39 is 6.10 Å². The fraction of sp³-hybridized carbons (Fsp3) is 0.381. The maximum atomic E-state index is 12.3. The first-order valence-corrected chi connectivity index (χ1v) is 8.59. The van der Waals surface area contributed by atoms with E-state index in [9.17, 15) is 4.79 Å². The molecule has 0 unspecified atom stereocenters. The normalized spacial score (nSPS) is 13.0. The molecular weight excluding hydrogens is 314 g/mol. The predicted octanol–water partition coefficient (Wildman–Crippen LogP) is 3.96. The first-order valence-electron chi connectivity index (χ1n) is 8.59. The largest absolute Gasteiger partial charge is 0.491 e. The molecule has 4 nitrogen and oxygen atoms in total. The summed E-state index contributed by atoms with van der Waals surface area (Å²) < 4.78 is 11.5. The van der Waals surface area contributed by atoms with Crippen LogP contribution in [0.4, 0.5) is 0 Å². The summed E-state index contributed by atoms with van der Waals surface area (Å²) in [7, 11) is 0. The maximum absolute atomic E-state index is 12.3. The second-order valence-corrected chi connectivity index (χ2v) is 6.57. The van der Waals surface area contributed by atoms with E-state index in [4.69, 9.17) is 9.47 Å². The van der Waals surface area contributed by atoms with Gasteiger partial charge in [-0.25, -0.2) is 0 Å². The molecule has 0 aliphatic carbocycles. The van der Waals surface area contributed by atoms with Gasteiger partial charge in [-0.15, -0.1) is 0 Å². The van der Waals surface area contributed by atoms with Gasteiger partial charge in [-0.1, -0.05) is 24.3 Å². The molecule has 0 aliphatic heterocycles. The van der Waals surface area contributed by atoms with E-state index >= 15 is 0 Å².